The molecule has 1 unspecified atom stereocenters. The first-order valence-corrected chi connectivity index (χ1v) is 13.1. The molecule has 0 aromatic carbocycles. The van der Waals surface area contributed by atoms with Gasteiger partial charge in [-0.3, -0.25) is 19.3 Å². The van der Waals surface area contributed by atoms with E-state index in [9.17, 15) is 14.4 Å². The van der Waals surface area contributed by atoms with Crippen molar-refractivity contribution in [1.82, 2.24) is 19.8 Å². The van der Waals surface area contributed by atoms with Crippen LogP contribution in [-0.4, -0.2) is 47.0 Å². The Morgan fingerprint density at radius 1 is 1.27 bits per heavy atom. The second kappa shape index (κ2) is 8.47. The monoisotopic (exact) mass is 434 g/mol. The van der Waals surface area contributed by atoms with Crippen molar-refractivity contribution in [3.8, 4) is 0 Å². The maximum Gasteiger partial charge on any atom is 0.277 e. The highest BCUT2D eigenvalue weighted by Crippen LogP contribution is 2.39. The lowest BCUT2D eigenvalue weighted by Gasteiger charge is -2.39. The Bertz CT molecular complexity index is 880. The number of nitrogens with zero attached hydrogens (tertiary/aromatic N) is 3. The largest absolute Gasteiger partial charge is 0.397 e. The van der Waals surface area contributed by atoms with Crippen LogP contribution in [0.4, 0.5) is 0 Å². The molecule has 9 heteroatoms. The predicted molar refractivity (Wildman–Crippen MR) is 118 cm³/mol. The highest BCUT2D eigenvalue weighted by atomic mass is 28.4. The van der Waals surface area contributed by atoms with Crippen LogP contribution < -0.4 is 5.32 Å². The molecule has 2 rings (SSSR count). The Morgan fingerprint density at radius 3 is 2.37 bits per heavy atom. The van der Waals surface area contributed by atoms with Gasteiger partial charge in [0.15, 0.2) is 8.32 Å². The maximum absolute atomic E-state index is 12.6. The lowest BCUT2D eigenvalue weighted by molar-refractivity contribution is -0.147. The quantitative estimate of drug-likeness (QED) is 0.566. The van der Waals surface area contributed by atoms with Gasteiger partial charge in [0.2, 0.25) is 11.8 Å². The Labute approximate surface area is 179 Å². The van der Waals surface area contributed by atoms with Gasteiger partial charge in [0.05, 0.1) is 12.0 Å². The zero-order chi connectivity index (χ0) is 23.0. The molecule has 166 valence electrons. The normalized spacial score (nSPS) is 18.2. The van der Waals surface area contributed by atoms with E-state index in [0.29, 0.717) is 5.69 Å². The Kier molecular flexibility index (Phi) is 6.78. The minimum Gasteiger partial charge on any atom is -0.397 e. The van der Waals surface area contributed by atoms with Crippen molar-refractivity contribution >= 4 is 32.1 Å². The second-order valence-electron chi connectivity index (χ2n) is 9.57. The Hall–Kier alpha value is -2.26. The van der Waals surface area contributed by atoms with Crippen molar-refractivity contribution in [2.45, 2.75) is 78.7 Å². The Morgan fingerprint density at radius 2 is 1.87 bits per heavy atom. The van der Waals surface area contributed by atoms with Crippen LogP contribution in [0.2, 0.25) is 18.1 Å². The summed E-state index contributed by atoms with van der Waals surface area (Å²) in [5.41, 5.74) is 1.52. The van der Waals surface area contributed by atoms with E-state index in [2.05, 4.69) is 44.2 Å². The number of amides is 3. The summed E-state index contributed by atoms with van der Waals surface area (Å²) in [7, 11) is -2.00. The topological polar surface area (TPSA) is 93.5 Å². The number of imidazole rings is 1. The van der Waals surface area contributed by atoms with Gasteiger partial charge in [-0.15, -0.1) is 0 Å². The molecule has 1 aliphatic heterocycles. The van der Waals surface area contributed by atoms with E-state index in [1.54, 1.807) is 12.4 Å². The summed E-state index contributed by atoms with van der Waals surface area (Å²) < 4.78 is 8.50. The molecule has 30 heavy (non-hydrogen) atoms. The van der Waals surface area contributed by atoms with Crippen LogP contribution in [0, 0.1) is 0 Å². The summed E-state index contributed by atoms with van der Waals surface area (Å²) in [5, 5.41) is 2.64. The smallest absolute Gasteiger partial charge is 0.277 e. The molecular weight excluding hydrogens is 400 g/mol. The van der Waals surface area contributed by atoms with Crippen LogP contribution in [0.3, 0.4) is 0 Å². The number of rotatable bonds is 5. The third-order valence-electron chi connectivity index (χ3n) is 5.78. The summed E-state index contributed by atoms with van der Waals surface area (Å²) in [6, 6.07) is 0. The highest BCUT2D eigenvalue weighted by molar-refractivity contribution is 6.74. The van der Waals surface area contributed by atoms with Crippen LogP contribution in [0.1, 0.15) is 72.0 Å². The van der Waals surface area contributed by atoms with Crippen molar-refractivity contribution in [2.75, 3.05) is 6.54 Å². The van der Waals surface area contributed by atoms with Gasteiger partial charge in [-0.25, -0.2) is 4.98 Å². The first kappa shape index (κ1) is 24.0. The number of imide groups is 1. The van der Waals surface area contributed by atoms with E-state index in [0.717, 1.165) is 10.6 Å². The minimum absolute atomic E-state index is 0.0477. The molecule has 1 N–H and O–H groups in total. The van der Waals surface area contributed by atoms with Gasteiger partial charge >= 0.3 is 0 Å². The van der Waals surface area contributed by atoms with Crippen molar-refractivity contribution < 1.29 is 18.8 Å². The van der Waals surface area contributed by atoms with Gasteiger partial charge in [-0.2, -0.15) is 0 Å². The van der Waals surface area contributed by atoms with Crippen molar-refractivity contribution in [1.29, 1.82) is 0 Å². The number of carbonyl (C=O) groups is 3. The number of nitrogens with one attached hydrogen (secondary N) is 1. The zero-order valence-corrected chi connectivity index (χ0v) is 20.5. The third kappa shape index (κ3) is 4.89. The van der Waals surface area contributed by atoms with Crippen LogP contribution in [0.15, 0.2) is 12.0 Å². The molecule has 1 aliphatic rings. The third-order valence-corrected chi connectivity index (χ3v) is 10.3. The first-order valence-electron chi connectivity index (χ1n) is 10.2. The molecule has 2 heterocycles. The van der Waals surface area contributed by atoms with Gasteiger partial charge in [-0.05, 0) is 37.0 Å². The molecule has 0 aliphatic carbocycles. The molecule has 8 nitrogen and oxygen atoms in total. The average molecular weight is 435 g/mol. The van der Waals surface area contributed by atoms with Crippen molar-refractivity contribution in [3.63, 3.8) is 0 Å². The standard InChI is InChI=1S/C21H34N4O4Si/c1-13(2)19-16(10-17-20(28)24(14(3)26)11-18(27)23-17)22-12-25(19)15(4)29-30(8,9)21(5,6)7/h10,12-13,15H,11H2,1-9H3,(H,23,27). The molecule has 0 bridgehead atoms. The average Bonchev–Trinajstić information content (AvgIpc) is 3.00. The number of aromatic nitrogens is 2. The van der Waals surface area contributed by atoms with E-state index in [1.807, 2.05) is 25.3 Å². The second-order valence-corrected chi connectivity index (χ2v) is 14.3. The molecule has 1 aromatic heterocycles. The van der Waals surface area contributed by atoms with Crippen LogP contribution in [0.25, 0.3) is 6.08 Å². The summed E-state index contributed by atoms with van der Waals surface area (Å²) in [6.45, 7) is 18.0. The summed E-state index contributed by atoms with van der Waals surface area (Å²) >= 11 is 0. The van der Waals surface area contributed by atoms with E-state index >= 15 is 0 Å². The fraction of sp³-hybridized carbons (Fsp3) is 0.619. The summed E-state index contributed by atoms with van der Waals surface area (Å²) in [4.78, 5) is 41.7. The number of hydrogen-bond donors (Lipinski definition) is 1. The van der Waals surface area contributed by atoms with Crippen molar-refractivity contribution in [3.05, 3.63) is 23.4 Å². The highest BCUT2D eigenvalue weighted by Gasteiger charge is 2.39. The number of piperazine rings is 1. The van der Waals surface area contributed by atoms with Gasteiger partial charge in [0, 0.05) is 12.6 Å². The van der Waals surface area contributed by atoms with Crippen LogP contribution >= 0.6 is 0 Å². The van der Waals surface area contributed by atoms with Crippen LogP contribution in [-0.2, 0) is 18.8 Å². The molecule has 1 atom stereocenters. The van der Waals surface area contributed by atoms with Gasteiger partial charge in [-0.1, -0.05) is 34.6 Å². The molecule has 1 saturated heterocycles. The molecule has 0 radical (unpaired) electrons. The fourth-order valence-electron chi connectivity index (χ4n) is 3.13. The van der Waals surface area contributed by atoms with E-state index in [-0.39, 0.29) is 29.4 Å². The Balaban J connectivity index is 2.43. The van der Waals surface area contributed by atoms with Gasteiger partial charge in [0.1, 0.15) is 18.5 Å². The fourth-order valence-corrected chi connectivity index (χ4v) is 4.45. The van der Waals surface area contributed by atoms with E-state index < -0.39 is 26.0 Å². The summed E-state index contributed by atoms with van der Waals surface area (Å²) in [5.74, 6) is -1.30. The SMILES string of the molecule is CC(=O)N1CC(=O)NC(=Cc2ncn(C(C)O[Si](C)(C)C(C)(C)C)c2C(C)C)C1=O. The van der Waals surface area contributed by atoms with E-state index in [4.69, 9.17) is 4.43 Å². The molecule has 1 aromatic rings. The summed E-state index contributed by atoms with van der Waals surface area (Å²) in [6.07, 6.45) is 3.02. The van der Waals surface area contributed by atoms with Gasteiger partial charge < -0.3 is 14.3 Å². The molecular formula is C21H34N4O4Si. The lowest BCUT2D eigenvalue weighted by Crippen LogP contribution is -2.51. The molecule has 1 fully saturated rings. The first-order chi connectivity index (χ1) is 13.7. The lowest BCUT2D eigenvalue weighted by atomic mass is 10.1. The number of carbonyl (C=O) groups excluding carboxylic acids is 3. The predicted octanol–water partition coefficient (Wildman–Crippen LogP) is 3.39. The zero-order valence-electron chi connectivity index (χ0n) is 19.5. The van der Waals surface area contributed by atoms with Gasteiger partial charge in [0.25, 0.3) is 5.91 Å². The van der Waals surface area contributed by atoms with Crippen molar-refractivity contribution in [2.24, 2.45) is 0 Å². The maximum atomic E-state index is 12.6. The molecule has 3 amide bonds. The minimum atomic E-state index is -2.00. The molecule has 0 spiro atoms. The molecule has 0 saturated carbocycles. The van der Waals surface area contributed by atoms with Crippen LogP contribution in [0.5, 0.6) is 0 Å². The van der Waals surface area contributed by atoms with E-state index in [1.165, 1.54) is 6.92 Å². The number of hydrogen-bond acceptors (Lipinski definition) is 5.